The van der Waals surface area contributed by atoms with Gasteiger partial charge in [0.2, 0.25) is 0 Å². The highest BCUT2D eigenvalue weighted by Gasteiger charge is 2.24. The summed E-state index contributed by atoms with van der Waals surface area (Å²) < 4.78 is 2.11. The van der Waals surface area contributed by atoms with Gasteiger partial charge < -0.3 is 14.8 Å². The Morgan fingerprint density at radius 3 is 3.11 bits per heavy atom. The molecule has 0 bridgehead atoms. The van der Waals surface area contributed by atoms with Gasteiger partial charge in [-0.25, -0.2) is 4.98 Å². The molecular formula is C13H16BN3O. The maximum absolute atomic E-state index is 9.53. The van der Waals surface area contributed by atoms with E-state index < -0.39 is 7.05 Å². The smallest absolute Gasteiger partial charge is 0.374 e. The summed E-state index contributed by atoms with van der Waals surface area (Å²) in [6, 6.07) is 8.48. The van der Waals surface area contributed by atoms with Crippen molar-refractivity contribution in [3.8, 4) is 5.69 Å². The summed E-state index contributed by atoms with van der Waals surface area (Å²) >= 11 is 0. The van der Waals surface area contributed by atoms with Crippen LogP contribution in [-0.2, 0) is 6.42 Å². The van der Waals surface area contributed by atoms with Crippen molar-refractivity contribution in [3.05, 3.63) is 48.0 Å². The van der Waals surface area contributed by atoms with Gasteiger partial charge in [-0.05, 0) is 31.3 Å². The van der Waals surface area contributed by atoms with Crippen molar-refractivity contribution >= 4 is 7.05 Å². The number of aryl methyl sites for hydroxylation is 1. The van der Waals surface area contributed by atoms with Crippen molar-refractivity contribution in [1.29, 1.82) is 0 Å². The van der Waals surface area contributed by atoms with E-state index >= 15 is 0 Å². The van der Waals surface area contributed by atoms with E-state index in [4.69, 9.17) is 0 Å². The number of benzene rings is 1. The van der Waals surface area contributed by atoms with Crippen LogP contribution in [0.3, 0.4) is 0 Å². The zero-order valence-corrected chi connectivity index (χ0v) is 10.4. The second-order valence-corrected chi connectivity index (χ2v) is 4.72. The van der Waals surface area contributed by atoms with E-state index in [1.165, 1.54) is 11.3 Å². The minimum absolute atomic E-state index is 0.0902. The maximum Gasteiger partial charge on any atom is 0.374 e. The maximum atomic E-state index is 9.53. The molecule has 0 radical (unpaired) electrons. The van der Waals surface area contributed by atoms with E-state index in [-0.39, 0.29) is 6.04 Å². The fourth-order valence-electron chi connectivity index (χ4n) is 2.61. The standard InChI is InChI=1S/C13H16BN3O/c1-14(18)16-11-7-6-10-4-2-3-5-12(10)17-9-8-15-13(11)17/h2-5,8-9,11,16,18H,6-7H2,1H3/t11-/m0/s1. The summed E-state index contributed by atoms with van der Waals surface area (Å²) in [5, 5.41) is 12.7. The molecule has 0 saturated heterocycles. The number of aromatic nitrogens is 2. The van der Waals surface area contributed by atoms with Crippen LogP contribution in [-0.4, -0.2) is 21.6 Å². The second kappa shape index (κ2) is 4.59. The number of hydrogen-bond donors (Lipinski definition) is 2. The van der Waals surface area contributed by atoms with Gasteiger partial charge in [0.1, 0.15) is 5.82 Å². The SMILES string of the molecule is CB(O)N[C@H]1CCc2ccccc2-n2ccnc21. The van der Waals surface area contributed by atoms with E-state index in [0.717, 1.165) is 18.7 Å². The topological polar surface area (TPSA) is 50.1 Å². The monoisotopic (exact) mass is 241 g/mol. The lowest BCUT2D eigenvalue weighted by Crippen LogP contribution is -2.35. The highest BCUT2D eigenvalue weighted by molar-refractivity contribution is 6.45. The lowest BCUT2D eigenvalue weighted by molar-refractivity contribution is 0.495. The average molecular weight is 241 g/mol. The average Bonchev–Trinajstić information content (AvgIpc) is 2.78. The normalized spacial score (nSPS) is 17.8. The highest BCUT2D eigenvalue weighted by Crippen LogP contribution is 2.28. The first-order valence-corrected chi connectivity index (χ1v) is 6.31. The number of hydrogen-bond acceptors (Lipinski definition) is 3. The molecule has 2 N–H and O–H groups in total. The highest BCUT2D eigenvalue weighted by atomic mass is 16.2. The van der Waals surface area contributed by atoms with Gasteiger partial charge in [-0.3, -0.25) is 0 Å². The predicted octanol–water partition coefficient (Wildman–Crippen LogP) is 1.56. The molecular weight excluding hydrogens is 225 g/mol. The predicted molar refractivity (Wildman–Crippen MR) is 71.6 cm³/mol. The molecule has 1 aliphatic rings. The summed E-state index contributed by atoms with van der Waals surface area (Å²) in [4.78, 5) is 4.44. The first-order valence-electron chi connectivity index (χ1n) is 6.31. The Bertz CT molecular complexity index is 553. The van der Waals surface area contributed by atoms with E-state index in [1.54, 1.807) is 6.82 Å². The number of rotatable bonds is 2. The fourth-order valence-corrected chi connectivity index (χ4v) is 2.61. The fraction of sp³-hybridized carbons (Fsp3) is 0.308. The summed E-state index contributed by atoms with van der Waals surface area (Å²) in [6.45, 7) is 1.74. The van der Waals surface area contributed by atoms with Crippen LogP contribution in [0.25, 0.3) is 5.69 Å². The summed E-state index contributed by atoms with van der Waals surface area (Å²) in [5.74, 6) is 0.973. The zero-order chi connectivity index (χ0) is 12.5. The van der Waals surface area contributed by atoms with Crippen LogP contribution < -0.4 is 5.23 Å². The molecule has 92 valence electrons. The molecule has 0 spiro atoms. The molecule has 1 aliphatic heterocycles. The molecule has 0 aliphatic carbocycles. The van der Waals surface area contributed by atoms with E-state index in [2.05, 4.69) is 33.0 Å². The van der Waals surface area contributed by atoms with Crippen LogP contribution in [0.15, 0.2) is 36.7 Å². The third-order valence-electron chi connectivity index (χ3n) is 3.38. The minimum Gasteiger partial charge on any atom is -0.437 e. The van der Waals surface area contributed by atoms with Gasteiger partial charge in [-0.2, -0.15) is 0 Å². The van der Waals surface area contributed by atoms with Gasteiger partial charge in [-0.15, -0.1) is 0 Å². The Hall–Kier alpha value is -1.59. The lowest BCUT2D eigenvalue weighted by atomic mass is 9.86. The van der Waals surface area contributed by atoms with E-state index in [1.807, 2.05) is 18.5 Å². The largest absolute Gasteiger partial charge is 0.437 e. The first kappa shape index (κ1) is 11.5. The van der Waals surface area contributed by atoms with Crippen molar-refractivity contribution in [2.24, 2.45) is 0 Å². The Balaban J connectivity index is 2.06. The van der Waals surface area contributed by atoms with Gasteiger partial charge in [-0.1, -0.05) is 18.2 Å². The van der Waals surface area contributed by atoms with Crippen LogP contribution in [0, 0.1) is 0 Å². The van der Waals surface area contributed by atoms with E-state index in [0.29, 0.717) is 0 Å². The Kier molecular flexibility index (Phi) is 2.93. The molecule has 3 rings (SSSR count). The van der Waals surface area contributed by atoms with Crippen LogP contribution in [0.4, 0.5) is 0 Å². The Morgan fingerprint density at radius 1 is 1.44 bits per heavy atom. The van der Waals surface area contributed by atoms with Crippen molar-refractivity contribution in [2.45, 2.75) is 25.7 Å². The number of nitrogens with zero attached hydrogens (tertiary/aromatic N) is 2. The van der Waals surface area contributed by atoms with Crippen molar-refractivity contribution < 1.29 is 5.02 Å². The van der Waals surface area contributed by atoms with Gasteiger partial charge in [0, 0.05) is 18.1 Å². The third-order valence-corrected chi connectivity index (χ3v) is 3.38. The second-order valence-electron chi connectivity index (χ2n) is 4.72. The summed E-state index contributed by atoms with van der Waals surface area (Å²) in [6.07, 6.45) is 5.73. The van der Waals surface area contributed by atoms with Gasteiger partial charge in [0.15, 0.2) is 0 Å². The first-order chi connectivity index (χ1) is 8.75. The molecule has 4 nitrogen and oxygen atoms in total. The van der Waals surface area contributed by atoms with Gasteiger partial charge in [0.25, 0.3) is 0 Å². The molecule has 1 atom stereocenters. The lowest BCUT2D eigenvalue weighted by Gasteiger charge is -2.17. The van der Waals surface area contributed by atoms with Crippen LogP contribution >= 0.6 is 0 Å². The van der Waals surface area contributed by atoms with Crippen molar-refractivity contribution in [1.82, 2.24) is 14.8 Å². The molecule has 0 amide bonds. The Morgan fingerprint density at radius 2 is 2.28 bits per heavy atom. The summed E-state index contributed by atoms with van der Waals surface area (Å²) in [5.41, 5.74) is 2.52. The van der Waals surface area contributed by atoms with Gasteiger partial charge in [0.05, 0.1) is 6.04 Å². The third kappa shape index (κ3) is 1.96. The molecule has 2 aromatic rings. The molecule has 0 fully saturated rings. The number of imidazole rings is 1. The van der Waals surface area contributed by atoms with E-state index in [9.17, 15) is 5.02 Å². The minimum atomic E-state index is -0.527. The van der Waals surface area contributed by atoms with Gasteiger partial charge >= 0.3 is 7.05 Å². The zero-order valence-electron chi connectivity index (χ0n) is 10.4. The number of para-hydroxylation sites is 1. The quantitative estimate of drug-likeness (QED) is 0.784. The van der Waals surface area contributed by atoms with Crippen LogP contribution in [0.2, 0.25) is 6.82 Å². The van der Waals surface area contributed by atoms with Crippen molar-refractivity contribution in [3.63, 3.8) is 0 Å². The van der Waals surface area contributed by atoms with Crippen molar-refractivity contribution in [2.75, 3.05) is 0 Å². The number of fused-ring (bicyclic) bond motifs is 3. The molecule has 1 aromatic carbocycles. The molecule has 5 heteroatoms. The number of nitrogens with one attached hydrogen (secondary N) is 1. The van der Waals surface area contributed by atoms with Crippen LogP contribution in [0.1, 0.15) is 23.9 Å². The molecule has 0 saturated carbocycles. The molecule has 1 aromatic heterocycles. The molecule has 18 heavy (non-hydrogen) atoms. The summed E-state index contributed by atoms with van der Waals surface area (Å²) in [7, 11) is -0.527. The molecule has 2 heterocycles. The van der Waals surface area contributed by atoms with Crippen LogP contribution in [0.5, 0.6) is 0 Å². The molecule has 0 unspecified atom stereocenters. The Labute approximate surface area is 107 Å².